The molecule has 22 heavy (non-hydrogen) atoms. The summed E-state index contributed by atoms with van der Waals surface area (Å²) < 4.78 is 7.19. The molecule has 0 amide bonds. The van der Waals surface area contributed by atoms with Crippen molar-refractivity contribution in [2.24, 2.45) is 0 Å². The van der Waals surface area contributed by atoms with E-state index in [9.17, 15) is 0 Å². The second kappa shape index (κ2) is 6.97. The molecule has 1 aliphatic rings. The highest BCUT2D eigenvalue weighted by Gasteiger charge is 2.28. The van der Waals surface area contributed by atoms with Crippen molar-refractivity contribution in [2.45, 2.75) is 19.3 Å². The number of nitrogens with zero attached hydrogens (tertiary/aromatic N) is 1. The number of rotatable bonds is 6. The Bertz CT molecular complexity index is 628. The van der Waals surface area contributed by atoms with E-state index in [1.54, 1.807) is 0 Å². The Kier molecular flexibility index (Phi) is 4.79. The Labute approximate surface area is 133 Å². The van der Waals surface area contributed by atoms with Gasteiger partial charge in [0.2, 0.25) is 0 Å². The van der Waals surface area contributed by atoms with Crippen LogP contribution in [-0.2, 0) is 0 Å². The van der Waals surface area contributed by atoms with Gasteiger partial charge in [-0.1, -0.05) is 36.9 Å². The molecule has 1 saturated heterocycles. The molecule has 0 saturated carbocycles. The van der Waals surface area contributed by atoms with Crippen LogP contribution in [0.1, 0.15) is 19.3 Å². The number of fused-ring (bicyclic) bond motifs is 1. The van der Waals surface area contributed by atoms with Gasteiger partial charge in [-0.05, 0) is 48.2 Å². The van der Waals surface area contributed by atoms with Crippen LogP contribution in [0.2, 0.25) is 0 Å². The summed E-state index contributed by atoms with van der Waals surface area (Å²) in [5, 5.41) is 2.51. The average Bonchev–Trinajstić information content (AvgIpc) is 2.56. The van der Waals surface area contributed by atoms with Gasteiger partial charge in [0.05, 0.1) is 19.6 Å². The second-order valence-corrected chi connectivity index (χ2v) is 6.40. The fourth-order valence-electron chi connectivity index (χ4n) is 3.57. The zero-order valence-corrected chi connectivity index (χ0v) is 13.3. The molecule has 2 nitrogen and oxygen atoms in total. The largest absolute Gasteiger partial charge is 0.488 e. The lowest BCUT2D eigenvalue weighted by Crippen LogP contribution is -2.53. The molecule has 0 atom stereocenters. The highest BCUT2D eigenvalue weighted by molar-refractivity contribution is 5.83. The number of hydrogen-bond acceptors (Lipinski definition) is 1. The van der Waals surface area contributed by atoms with Crippen molar-refractivity contribution in [3.05, 3.63) is 55.1 Å². The van der Waals surface area contributed by atoms with E-state index in [0.717, 1.165) is 29.9 Å². The van der Waals surface area contributed by atoms with Crippen molar-refractivity contribution in [2.75, 3.05) is 32.8 Å². The fourth-order valence-corrected chi connectivity index (χ4v) is 3.57. The molecule has 0 radical (unpaired) electrons. The quantitative estimate of drug-likeness (QED) is 0.567. The Morgan fingerprint density at radius 2 is 1.77 bits per heavy atom. The van der Waals surface area contributed by atoms with E-state index in [-0.39, 0.29) is 0 Å². The first-order valence-corrected chi connectivity index (χ1v) is 8.39. The molecule has 116 valence electrons. The van der Waals surface area contributed by atoms with Crippen LogP contribution >= 0.6 is 0 Å². The van der Waals surface area contributed by atoms with Gasteiger partial charge < -0.3 is 9.22 Å². The van der Waals surface area contributed by atoms with Crippen LogP contribution in [0.25, 0.3) is 10.8 Å². The monoisotopic (exact) mass is 296 g/mol. The van der Waals surface area contributed by atoms with E-state index >= 15 is 0 Å². The topological polar surface area (TPSA) is 9.23 Å². The van der Waals surface area contributed by atoms with Crippen molar-refractivity contribution in [1.82, 2.24) is 0 Å². The maximum Gasteiger partial charge on any atom is 0.137 e. The summed E-state index contributed by atoms with van der Waals surface area (Å²) in [6.07, 6.45) is 6.12. The van der Waals surface area contributed by atoms with Crippen LogP contribution in [0.4, 0.5) is 0 Å². The maximum atomic E-state index is 6.04. The molecule has 1 aliphatic heterocycles. The summed E-state index contributed by atoms with van der Waals surface area (Å²) >= 11 is 0. The number of likely N-dealkylation sites (tertiary alicyclic amines) is 1. The molecule has 0 bridgehead atoms. The number of benzene rings is 2. The Morgan fingerprint density at radius 3 is 2.55 bits per heavy atom. The van der Waals surface area contributed by atoms with Gasteiger partial charge >= 0.3 is 0 Å². The minimum Gasteiger partial charge on any atom is -0.488 e. The molecule has 0 N–H and O–H groups in total. The predicted molar refractivity (Wildman–Crippen MR) is 93.2 cm³/mol. The van der Waals surface area contributed by atoms with E-state index in [4.69, 9.17) is 4.74 Å². The molecule has 0 spiro atoms. The second-order valence-electron chi connectivity index (χ2n) is 6.40. The smallest absolute Gasteiger partial charge is 0.137 e. The van der Waals surface area contributed by atoms with Crippen molar-refractivity contribution < 1.29 is 9.22 Å². The normalized spacial score (nSPS) is 17.3. The minimum atomic E-state index is 0.784. The van der Waals surface area contributed by atoms with Gasteiger partial charge in [0.1, 0.15) is 18.9 Å². The lowest BCUT2D eigenvalue weighted by molar-refractivity contribution is -0.927. The van der Waals surface area contributed by atoms with Crippen LogP contribution < -0.4 is 4.74 Å². The van der Waals surface area contributed by atoms with E-state index < -0.39 is 0 Å². The summed E-state index contributed by atoms with van der Waals surface area (Å²) in [7, 11) is 0. The van der Waals surface area contributed by atoms with Gasteiger partial charge in [-0.2, -0.15) is 0 Å². The molecule has 3 rings (SSSR count). The van der Waals surface area contributed by atoms with Crippen LogP contribution in [0, 0.1) is 0 Å². The standard InChI is InChI=1S/C20H26NO/c1-2-12-21(13-6-3-7-14-21)15-16-22-20-11-10-18-8-4-5-9-19(18)17-20/h2,4-5,8-11,17H,1,3,6-7,12-16H2/q+1. The molecule has 1 fully saturated rings. The molecular weight excluding hydrogens is 270 g/mol. The van der Waals surface area contributed by atoms with Gasteiger partial charge in [0, 0.05) is 0 Å². The van der Waals surface area contributed by atoms with Crippen molar-refractivity contribution in [1.29, 1.82) is 0 Å². The summed E-state index contributed by atoms with van der Waals surface area (Å²) in [6, 6.07) is 14.8. The van der Waals surface area contributed by atoms with Crippen LogP contribution in [-0.4, -0.2) is 37.3 Å². The maximum absolute atomic E-state index is 6.04. The average molecular weight is 296 g/mol. The first kappa shape index (κ1) is 15.1. The van der Waals surface area contributed by atoms with E-state index in [2.05, 4.69) is 55.1 Å². The predicted octanol–water partition coefficient (Wildman–Crippen LogP) is 4.41. The zero-order chi connectivity index (χ0) is 15.3. The van der Waals surface area contributed by atoms with E-state index in [0.29, 0.717) is 0 Å². The number of piperidine rings is 1. The summed E-state index contributed by atoms with van der Waals surface area (Å²) in [4.78, 5) is 0. The lowest BCUT2D eigenvalue weighted by Gasteiger charge is -2.40. The van der Waals surface area contributed by atoms with Crippen LogP contribution in [0.5, 0.6) is 5.75 Å². The third-order valence-electron chi connectivity index (χ3n) is 4.84. The van der Waals surface area contributed by atoms with Gasteiger partial charge in [-0.15, -0.1) is 0 Å². The molecule has 0 unspecified atom stereocenters. The third-order valence-corrected chi connectivity index (χ3v) is 4.84. The van der Waals surface area contributed by atoms with Crippen LogP contribution in [0.15, 0.2) is 55.1 Å². The Hall–Kier alpha value is -1.80. The summed E-state index contributed by atoms with van der Waals surface area (Å²) in [5.74, 6) is 0.979. The van der Waals surface area contributed by atoms with Gasteiger partial charge in [0.15, 0.2) is 0 Å². The summed E-state index contributed by atoms with van der Waals surface area (Å²) in [5.41, 5.74) is 0. The van der Waals surface area contributed by atoms with Crippen molar-refractivity contribution in [3.8, 4) is 5.75 Å². The van der Waals surface area contributed by atoms with Gasteiger partial charge in [-0.3, -0.25) is 0 Å². The van der Waals surface area contributed by atoms with Gasteiger partial charge in [0.25, 0.3) is 0 Å². The molecule has 2 aromatic carbocycles. The highest BCUT2D eigenvalue weighted by atomic mass is 16.5. The Balaban J connectivity index is 1.61. The van der Waals surface area contributed by atoms with E-state index in [1.807, 2.05) is 0 Å². The molecule has 0 aliphatic carbocycles. The summed E-state index contributed by atoms with van der Waals surface area (Å²) in [6.45, 7) is 9.42. The molecule has 2 heteroatoms. The number of quaternary nitrogens is 1. The molecule has 0 aromatic heterocycles. The fraction of sp³-hybridized carbons (Fsp3) is 0.400. The molecule has 2 aromatic rings. The number of hydrogen-bond donors (Lipinski definition) is 0. The number of ether oxygens (including phenoxy) is 1. The van der Waals surface area contributed by atoms with Crippen LogP contribution in [0.3, 0.4) is 0 Å². The molecule has 1 heterocycles. The third kappa shape index (κ3) is 3.50. The lowest BCUT2D eigenvalue weighted by atomic mass is 10.1. The van der Waals surface area contributed by atoms with Crippen molar-refractivity contribution in [3.63, 3.8) is 0 Å². The van der Waals surface area contributed by atoms with Crippen molar-refractivity contribution >= 4 is 10.8 Å². The highest BCUT2D eigenvalue weighted by Crippen LogP contribution is 2.22. The SMILES string of the molecule is C=CC[N+]1(CCOc2ccc3ccccc3c2)CCCCC1. The molecular formula is C20H26NO+. The first-order valence-electron chi connectivity index (χ1n) is 8.39. The zero-order valence-electron chi connectivity index (χ0n) is 13.3. The Morgan fingerprint density at radius 1 is 1.00 bits per heavy atom. The minimum absolute atomic E-state index is 0.784. The van der Waals surface area contributed by atoms with E-state index in [1.165, 1.54) is 43.1 Å². The van der Waals surface area contributed by atoms with Gasteiger partial charge in [-0.25, -0.2) is 0 Å². The first-order chi connectivity index (χ1) is 10.8.